The number of nitrogens with zero attached hydrogens (tertiary/aromatic N) is 1. The van der Waals surface area contributed by atoms with Crippen LogP contribution in [0.25, 0.3) is 10.9 Å². The topological polar surface area (TPSA) is 48.0 Å². The monoisotopic (exact) mass is 204 g/mol. The summed E-state index contributed by atoms with van der Waals surface area (Å²) in [5.74, 6) is -0.379. The second-order valence-electron chi connectivity index (χ2n) is 3.52. The lowest BCUT2D eigenvalue weighted by atomic mass is 10.1. The third kappa shape index (κ3) is 1.73. The Morgan fingerprint density at radius 2 is 2.07 bits per heavy atom. The van der Waals surface area contributed by atoms with E-state index >= 15 is 0 Å². The Bertz CT molecular complexity index is 512. The summed E-state index contributed by atoms with van der Waals surface area (Å²) in [5.41, 5.74) is 8.05. The number of amides is 1. The van der Waals surface area contributed by atoms with Gasteiger partial charge in [0.25, 0.3) is 0 Å². The number of primary amides is 1. The van der Waals surface area contributed by atoms with Crippen molar-refractivity contribution in [2.24, 2.45) is 12.8 Å². The molecule has 0 saturated heterocycles. The predicted octanol–water partition coefficient (Wildman–Crippen LogP) is 2.22. The van der Waals surface area contributed by atoms with Gasteiger partial charge in [0.15, 0.2) is 0 Å². The molecule has 0 aliphatic carbocycles. The zero-order valence-corrected chi connectivity index (χ0v) is 8.24. The molecule has 0 fully saturated rings. The van der Waals surface area contributed by atoms with Gasteiger partial charge in [-0.1, -0.05) is 7.43 Å². The molecule has 1 amide bonds. The first-order valence-electron chi connectivity index (χ1n) is 4.45. The maximum Gasteiger partial charge on any atom is 0.248 e. The lowest BCUT2D eigenvalue weighted by Gasteiger charge is -1.98. The average Bonchev–Trinajstić information content (AvgIpc) is 2.42. The molecule has 0 spiro atoms. The van der Waals surface area contributed by atoms with Crippen LogP contribution >= 0.6 is 0 Å². The fourth-order valence-corrected chi connectivity index (χ4v) is 1.74. The minimum Gasteiger partial charge on any atom is -0.366 e. The summed E-state index contributed by atoms with van der Waals surface area (Å²) >= 11 is 0. The highest BCUT2D eigenvalue weighted by Crippen LogP contribution is 2.20. The number of benzene rings is 1. The van der Waals surface area contributed by atoms with Gasteiger partial charge in [-0.3, -0.25) is 4.79 Å². The van der Waals surface area contributed by atoms with Gasteiger partial charge in [0.2, 0.25) is 5.91 Å². The molecule has 0 bridgehead atoms. The van der Waals surface area contributed by atoms with Crippen LogP contribution in [0.3, 0.4) is 0 Å². The first-order valence-corrected chi connectivity index (χ1v) is 4.45. The van der Waals surface area contributed by atoms with Crippen molar-refractivity contribution in [1.82, 2.24) is 4.57 Å². The normalized spacial score (nSPS) is 10.0. The van der Waals surface area contributed by atoms with Crippen LogP contribution in [0.1, 0.15) is 23.3 Å². The Morgan fingerprint density at radius 3 is 2.67 bits per heavy atom. The predicted molar refractivity (Wildman–Crippen MR) is 62.9 cm³/mol. The molecular weight excluding hydrogens is 188 g/mol. The smallest absolute Gasteiger partial charge is 0.248 e. The van der Waals surface area contributed by atoms with Gasteiger partial charge < -0.3 is 10.3 Å². The van der Waals surface area contributed by atoms with Crippen LogP contribution in [0, 0.1) is 6.92 Å². The van der Waals surface area contributed by atoms with E-state index in [2.05, 4.69) is 0 Å². The first-order chi connectivity index (χ1) is 6.59. The maximum absolute atomic E-state index is 11.0. The number of rotatable bonds is 1. The van der Waals surface area contributed by atoms with E-state index in [1.807, 2.05) is 36.9 Å². The van der Waals surface area contributed by atoms with E-state index in [-0.39, 0.29) is 13.3 Å². The summed E-state index contributed by atoms with van der Waals surface area (Å²) in [6.45, 7) is 2.02. The number of aryl methyl sites for hydroxylation is 2. The largest absolute Gasteiger partial charge is 0.366 e. The molecule has 2 aromatic rings. The van der Waals surface area contributed by atoms with Crippen LogP contribution in [-0.2, 0) is 7.05 Å². The van der Waals surface area contributed by atoms with E-state index in [9.17, 15) is 4.79 Å². The van der Waals surface area contributed by atoms with Crippen molar-refractivity contribution in [2.45, 2.75) is 14.4 Å². The lowest BCUT2D eigenvalue weighted by Crippen LogP contribution is -2.10. The molecule has 1 heterocycles. The summed E-state index contributed by atoms with van der Waals surface area (Å²) in [6.07, 6.45) is 2.04. The summed E-state index contributed by atoms with van der Waals surface area (Å²) in [4.78, 5) is 11.0. The van der Waals surface area contributed by atoms with Crippen LogP contribution in [0.4, 0.5) is 0 Å². The average molecular weight is 204 g/mol. The van der Waals surface area contributed by atoms with Crippen molar-refractivity contribution >= 4 is 16.8 Å². The van der Waals surface area contributed by atoms with E-state index in [1.54, 1.807) is 6.07 Å². The molecular formula is C12H16N2O. The Hall–Kier alpha value is -1.77. The van der Waals surface area contributed by atoms with Crippen molar-refractivity contribution in [2.75, 3.05) is 0 Å². The Balaban J connectivity index is 0.00000112. The van der Waals surface area contributed by atoms with E-state index in [4.69, 9.17) is 5.73 Å². The van der Waals surface area contributed by atoms with Gasteiger partial charge in [0.05, 0.1) is 0 Å². The van der Waals surface area contributed by atoms with Gasteiger partial charge in [-0.05, 0) is 30.7 Å². The molecule has 1 aromatic carbocycles. The SMILES string of the molecule is C.Cc1cn(C)c2ccc(C(N)=O)cc12. The van der Waals surface area contributed by atoms with Gasteiger partial charge in [-0.25, -0.2) is 0 Å². The molecule has 0 aliphatic heterocycles. The Kier molecular flexibility index (Phi) is 2.84. The van der Waals surface area contributed by atoms with Gasteiger partial charge >= 0.3 is 0 Å². The van der Waals surface area contributed by atoms with Crippen LogP contribution < -0.4 is 5.73 Å². The zero-order valence-electron chi connectivity index (χ0n) is 8.24. The van der Waals surface area contributed by atoms with E-state index < -0.39 is 0 Å². The summed E-state index contributed by atoms with van der Waals surface area (Å²) < 4.78 is 2.04. The van der Waals surface area contributed by atoms with E-state index in [1.165, 1.54) is 0 Å². The highest BCUT2D eigenvalue weighted by Gasteiger charge is 2.06. The third-order valence-electron chi connectivity index (χ3n) is 2.47. The Labute approximate surface area is 89.5 Å². The summed E-state index contributed by atoms with van der Waals surface area (Å²) in [6, 6.07) is 5.51. The van der Waals surface area contributed by atoms with Crippen molar-refractivity contribution in [3.8, 4) is 0 Å². The number of carbonyl (C=O) groups is 1. The number of fused-ring (bicyclic) bond motifs is 1. The zero-order chi connectivity index (χ0) is 10.3. The van der Waals surface area contributed by atoms with Crippen molar-refractivity contribution in [3.05, 3.63) is 35.5 Å². The fourth-order valence-electron chi connectivity index (χ4n) is 1.74. The molecule has 0 radical (unpaired) electrons. The number of hydrogen-bond acceptors (Lipinski definition) is 1. The lowest BCUT2D eigenvalue weighted by molar-refractivity contribution is 0.100. The standard InChI is InChI=1S/C11H12N2O.CH4/c1-7-6-13(2)10-4-3-8(11(12)14)5-9(7)10;/h3-6H,1-2H3,(H2,12,14);1H4. The minimum atomic E-state index is -0.379. The van der Waals surface area contributed by atoms with E-state index in [0.717, 1.165) is 16.5 Å². The van der Waals surface area contributed by atoms with Crippen LogP contribution in [-0.4, -0.2) is 10.5 Å². The van der Waals surface area contributed by atoms with Crippen molar-refractivity contribution in [1.29, 1.82) is 0 Å². The number of nitrogens with two attached hydrogens (primary N) is 1. The number of aromatic nitrogens is 1. The first kappa shape index (κ1) is 11.3. The van der Waals surface area contributed by atoms with E-state index in [0.29, 0.717) is 5.56 Å². The second-order valence-corrected chi connectivity index (χ2v) is 3.52. The summed E-state index contributed by atoms with van der Waals surface area (Å²) in [5, 5.41) is 1.09. The molecule has 2 rings (SSSR count). The highest BCUT2D eigenvalue weighted by molar-refractivity contribution is 5.97. The highest BCUT2D eigenvalue weighted by atomic mass is 16.1. The molecule has 0 saturated carbocycles. The minimum absolute atomic E-state index is 0. The van der Waals surface area contributed by atoms with Crippen LogP contribution in [0.5, 0.6) is 0 Å². The molecule has 15 heavy (non-hydrogen) atoms. The number of hydrogen-bond donors (Lipinski definition) is 1. The van der Waals surface area contributed by atoms with Gasteiger partial charge in [0.1, 0.15) is 0 Å². The molecule has 2 N–H and O–H groups in total. The molecule has 3 nitrogen and oxygen atoms in total. The van der Waals surface area contributed by atoms with Crippen molar-refractivity contribution in [3.63, 3.8) is 0 Å². The molecule has 3 heteroatoms. The number of carbonyl (C=O) groups excluding carboxylic acids is 1. The van der Waals surface area contributed by atoms with Gasteiger partial charge in [-0.2, -0.15) is 0 Å². The molecule has 0 unspecified atom stereocenters. The molecule has 80 valence electrons. The molecule has 0 atom stereocenters. The van der Waals surface area contributed by atoms with Crippen LogP contribution in [0.2, 0.25) is 0 Å². The maximum atomic E-state index is 11.0. The van der Waals surface area contributed by atoms with Gasteiger partial charge in [0, 0.05) is 29.7 Å². The molecule has 1 aromatic heterocycles. The van der Waals surface area contributed by atoms with Crippen molar-refractivity contribution < 1.29 is 4.79 Å². The van der Waals surface area contributed by atoms with Gasteiger partial charge in [-0.15, -0.1) is 0 Å². The second kappa shape index (κ2) is 3.77. The fraction of sp³-hybridized carbons (Fsp3) is 0.250. The third-order valence-corrected chi connectivity index (χ3v) is 2.47. The molecule has 0 aliphatic rings. The quantitative estimate of drug-likeness (QED) is 0.760. The van der Waals surface area contributed by atoms with Crippen LogP contribution in [0.15, 0.2) is 24.4 Å². The Morgan fingerprint density at radius 1 is 1.40 bits per heavy atom. The summed E-state index contributed by atoms with van der Waals surface area (Å²) in [7, 11) is 1.99.